The van der Waals surface area contributed by atoms with E-state index in [0.717, 1.165) is 11.4 Å². The summed E-state index contributed by atoms with van der Waals surface area (Å²) in [5.41, 5.74) is 1.87. The van der Waals surface area contributed by atoms with Gasteiger partial charge in [0.25, 0.3) is 0 Å². The highest BCUT2D eigenvalue weighted by Gasteiger charge is 2.35. The predicted octanol–water partition coefficient (Wildman–Crippen LogP) is 2.78. The molecule has 0 radical (unpaired) electrons. The van der Waals surface area contributed by atoms with Crippen LogP contribution in [-0.2, 0) is 11.3 Å². The zero-order valence-corrected chi connectivity index (χ0v) is 12.7. The zero-order chi connectivity index (χ0) is 14.8. The van der Waals surface area contributed by atoms with Crippen molar-refractivity contribution < 1.29 is 9.53 Å². The van der Waals surface area contributed by atoms with E-state index in [4.69, 9.17) is 4.74 Å². The molecule has 0 aliphatic heterocycles. The molecule has 2 amide bonds. The second kappa shape index (κ2) is 5.82. The lowest BCUT2D eigenvalue weighted by molar-refractivity contribution is 0.182. The predicted molar refractivity (Wildman–Crippen MR) is 80.6 cm³/mol. The minimum Gasteiger partial charge on any atom is -0.378 e. The van der Waals surface area contributed by atoms with E-state index in [9.17, 15) is 4.79 Å². The summed E-state index contributed by atoms with van der Waals surface area (Å²) in [6.07, 6.45) is 1.18. The van der Waals surface area contributed by atoms with Gasteiger partial charge in [-0.15, -0.1) is 11.3 Å². The van der Waals surface area contributed by atoms with Crippen molar-refractivity contribution >= 4 is 28.3 Å². The Morgan fingerprint density at radius 1 is 1.57 bits per heavy atom. The molecule has 0 saturated heterocycles. The number of hydrogen-bond donors (Lipinski definition) is 3. The number of aromatic nitrogens is 3. The summed E-state index contributed by atoms with van der Waals surface area (Å²) >= 11 is 1.36. The fourth-order valence-corrected chi connectivity index (χ4v) is 2.86. The smallest absolute Gasteiger partial charge is 0.326 e. The monoisotopic (exact) mass is 307 g/mol. The minimum absolute atomic E-state index is 0.352. The first-order valence-corrected chi connectivity index (χ1v) is 7.60. The number of amides is 2. The summed E-state index contributed by atoms with van der Waals surface area (Å²) in [5, 5.41) is 14.8. The van der Waals surface area contributed by atoms with Gasteiger partial charge in [0.2, 0.25) is 0 Å². The van der Waals surface area contributed by atoms with E-state index in [2.05, 4.69) is 32.7 Å². The van der Waals surface area contributed by atoms with Gasteiger partial charge in [-0.2, -0.15) is 5.10 Å². The third-order valence-corrected chi connectivity index (χ3v) is 4.22. The van der Waals surface area contributed by atoms with Crippen molar-refractivity contribution in [1.29, 1.82) is 0 Å². The Balaban J connectivity index is 1.54. The van der Waals surface area contributed by atoms with Crippen molar-refractivity contribution in [3.05, 3.63) is 22.8 Å². The number of rotatable bonds is 5. The van der Waals surface area contributed by atoms with Crippen LogP contribution in [0, 0.1) is 5.92 Å². The van der Waals surface area contributed by atoms with Gasteiger partial charge in [-0.3, -0.25) is 15.7 Å². The number of methoxy groups -OCH3 is 1. The number of aromatic amines is 1. The van der Waals surface area contributed by atoms with Crippen LogP contribution in [0.4, 0.5) is 15.7 Å². The number of ether oxygens (including phenoxy) is 1. The number of hydrogen-bond acceptors (Lipinski definition) is 5. The molecule has 2 aromatic heterocycles. The first-order valence-electron chi connectivity index (χ1n) is 6.72. The topological polar surface area (TPSA) is 91.9 Å². The maximum atomic E-state index is 11.9. The Bertz CT molecular complexity index is 638. The molecule has 7 nitrogen and oxygen atoms in total. The van der Waals surface area contributed by atoms with Crippen molar-refractivity contribution in [3.63, 3.8) is 0 Å². The van der Waals surface area contributed by atoms with E-state index in [-0.39, 0.29) is 6.03 Å². The number of nitrogens with one attached hydrogen (secondary N) is 3. The summed E-state index contributed by atoms with van der Waals surface area (Å²) in [6, 6.07) is 1.53. The first-order chi connectivity index (χ1) is 10.2. The molecular formula is C13H17N5O2S. The molecule has 112 valence electrons. The largest absolute Gasteiger partial charge is 0.378 e. The normalized spacial score (nSPS) is 20.3. The number of anilines is 2. The summed E-state index contributed by atoms with van der Waals surface area (Å²) in [5.74, 6) is 1.77. The highest BCUT2D eigenvalue weighted by molar-refractivity contribution is 7.13. The lowest BCUT2D eigenvalue weighted by Crippen LogP contribution is -2.19. The summed E-state index contributed by atoms with van der Waals surface area (Å²) in [4.78, 5) is 16.1. The van der Waals surface area contributed by atoms with Crippen LogP contribution in [0.1, 0.15) is 30.7 Å². The second-order valence-electron chi connectivity index (χ2n) is 5.18. The lowest BCUT2D eigenvalue weighted by atomic mass is 10.2. The third-order valence-electron chi connectivity index (χ3n) is 3.41. The number of carbonyl (C=O) groups is 1. The molecule has 0 bridgehead atoms. The molecule has 1 aliphatic rings. The third kappa shape index (κ3) is 3.40. The van der Waals surface area contributed by atoms with Gasteiger partial charge in [-0.1, -0.05) is 6.92 Å². The number of nitrogens with zero attached hydrogens (tertiary/aromatic N) is 2. The number of carbonyl (C=O) groups excluding carboxylic acids is 1. The lowest BCUT2D eigenvalue weighted by Gasteiger charge is -2.01. The van der Waals surface area contributed by atoms with E-state index in [1.807, 2.05) is 11.4 Å². The van der Waals surface area contributed by atoms with Crippen LogP contribution in [0.5, 0.6) is 0 Å². The van der Waals surface area contributed by atoms with Gasteiger partial charge < -0.3 is 4.74 Å². The molecule has 0 aromatic carbocycles. The van der Waals surface area contributed by atoms with Crippen LogP contribution in [0.15, 0.2) is 11.4 Å². The molecule has 8 heteroatoms. The molecule has 0 spiro atoms. The molecule has 1 saturated carbocycles. The highest BCUT2D eigenvalue weighted by Crippen LogP contribution is 2.46. The molecule has 3 N–H and O–H groups in total. The standard InChI is InChI=1S/C13H17N5O2S/c1-7-3-9(7)10-4-11(18-17-10)15-12(19)16-13-14-8(5-20-2)6-21-13/h4,6-7,9H,3,5H2,1-2H3,(H3,14,15,16,17,18,19). The van der Waals surface area contributed by atoms with Crippen LogP contribution in [0.25, 0.3) is 0 Å². The highest BCUT2D eigenvalue weighted by atomic mass is 32.1. The molecule has 21 heavy (non-hydrogen) atoms. The van der Waals surface area contributed by atoms with Crippen LogP contribution in [-0.4, -0.2) is 28.3 Å². The Morgan fingerprint density at radius 3 is 3.10 bits per heavy atom. The van der Waals surface area contributed by atoms with E-state index in [1.54, 1.807) is 7.11 Å². The van der Waals surface area contributed by atoms with Crippen LogP contribution < -0.4 is 10.6 Å². The van der Waals surface area contributed by atoms with Gasteiger partial charge in [-0.25, -0.2) is 9.78 Å². The molecule has 3 rings (SSSR count). The summed E-state index contributed by atoms with van der Waals surface area (Å²) in [7, 11) is 1.61. The van der Waals surface area contributed by atoms with E-state index in [0.29, 0.717) is 29.4 Å². The SMILES string of the molecule is COCc1csc(NC(=O)Nc2cc(C3CC3C)[nH]n2)n1. The summed E-state index contributed by atoms with van der Waals surface area (Å²) in [6.45, 7) is 2.63. The van der Waals surface area contributed by atoms with Gasteiger partial charge in [0, 0.05) is 30.2 Å². The fraction of sp³-hybridized carbons (Fsp3) is 0.462. The number of thiazole rings is 1. The first kappa shape index (κ1) is 14.0. The average Bonchev–Trinajstić information content (AvgIpc) is 2.85. The molecule has 2 heterocycles. The summed E-state index contributed by atoms with van der Waals surface area (Å²) < 4.78 is 4.98. The molecular weight excluding hydrogens is 290 g/mol. The fourth-order valence-electron chi connectivity index (χ4n) is 2.17. The van der Waals surface area contributed by atoms with Gasteiger partial charge in [0.15, 0.2) is 10.9 Å². The van der Waals surface area contributed by atoms with E-state index >= 15 is 0 Å². The van der Waals surface area contributed by atoms with E-state index in [1.165, 1.54) is 17.8 Å². The maximum Gasteiger partial charge on any atom is 0.326 e. The molecule has 2 aromatic rings. The molecule has 2 unspecified atom stereocenters. The number of urea groups is 1. The van der Waals surface area contributed by atoms with Gasteiger partial charge >= 0.3 is 6.03 Å². The second-order valence-corrected chi connectivity index (χ2v) is 6.04. The van der Waals surface area contributed by atoms with Crippen molar-refractivity contribution in [3.8, 4) is 0 Å². The maximum absolute atomic E-state index is 11.9. The van der Waals surface area contributed by atoms with Crippen molar-refractivity contribution in [2.24, 2.45) is 5.92 Å². The van der Waals surface area contributed by atoms with Crippen LogP contribution >= 0.6 is 11.3 Å². The number of H-pyrrole nitrogens is 1. The van der Waals surface area contributed by atoms with Crippen molar-refractivity contribution in [2.45, 2.75) is 25.9 Å². The van der Waals surface area contributed by atoms with E-state index < -0.39 is 0 Å². The Hall–Kier alpha value is -1.93. The Kier molecular flexibility index (Phi) is 3.89. The minimum atomic E-state index is -0.352. The van der Waals surface area contributed by atoms with Gasteiger partial charge in [0.1, 0.15) is 0 Å². The molecule has 2 atom stereocenters. The average molecular weight is 307 g/mol. The van der Waals surface area contributed by atoms with Gasteiger partial charge in [-0.05, 0) is 12.3 Å². The van der Waals surface area contributed by atoms with Gasteiger partial charge in [0.05, 0.1) is 12.3 Å². The quantitative estimate of drug-likeness (QED) is 0.792. The zero-order valence-electron chi connectivity index (χ0n) is 11.8. The Morgan fingerprint density at radius 2 is 2.38 bits per heavy atom. The molecule has 1 fully saturated rings. The van der Waals surface area contributed by atoms with Crippen LogP contribution in [0.2, 0.25) is 0 Å². The van der Waals surface area contributed by atoms with Crippen LogP contribution in [0.3, 0.4) is 0 Å². The molecule has 1 aliphatic carbocycles. The van der Waals surface area contributed by atoms with Crippen molar-refractivity contribution in [1.82, 2.24) is 15.2 Å². The Labute approximate surface area is 126 Å². The van der Waals surface area contributed by atoms with Crippen molar-refractivity contribution in [2.75, 3.05) is 17.7 Å².